The average Bonchev–Trinajstić information content (AvgIpc) is 3.28. The summed E-state index contributed by atoms with van der Waals surface area (Å²) in [5, 5.41) is 14.7. The van der Waals surface area contributed by atoms with Crippen molar-refractivity contribution in [2.24, 2.45) is 0 Å². The second-order valence-corrected chi connectivity index (χ2v) is 7.67. The zero-order chi connectivity index (χ0) is 19.7. The Balaban J connectivity index is 1.83. The molecule has 1 saturated heterocycles. The van der Waals surface area contributed by atoms with Crippen molar-refractivity contribution < 1.29 is 5.11 Å². The van der Waals surface area contributed by atoms with Gasteiger partial charge in [-0.3, -0.25) is 4.98 Å². The molecule has 0 amide bonds. The minimum Gasteiger partial charge on any atom is -0.395 e. The first-order chi connectivity index (χ1) is 13.6. The monoisotopic (exact) mass is 432 g/mol. The number of aliphatic hydroxyl groups is 1. The van der Waals surface area contributed by atoms with Crippen LogP contribution in [0.25, 0.3) is 5.69 Å². The zero-order valence-electron chi connectivity index (χ0n) is 14.8. The van der Waals surface area contributed by atoms with Crippen LogP contribution in [0.4, 0.5) is 0 Å². The maximum atomic E-state index is 9.59. The molecule has 144 valence electrons. The van der Waals surface area contributed by atoms with Gasteiger partial charge in [0.15, 0.2) is 5.11 Å². The van der Waals surface area contributed by atoms with E-state index in [4.69, 9.17) is 35.4 Å². The highest BCUT2D eigenvalue weighted by Crippen LogP contribution is 2.40. The molecule has 3 heterocycles. The molecular weight excluding hydrogens is 415 g/mol. The van der Waals surface area contributed by atoms with Crippen molar-refractivity contribution in [1.82, 2.24) is 19.8 Å². The first-order valence-electron chi connectivity index (χ1n) is 8.81. The third-order valence-corrected chi connectivity index (χ3v) is 5.68. The van der Waals surface area contributed by atoms with Crippen molar-refractivity contribution in [2.45, 2.75) is 12.1 Å². The van der Waals surface area contributed by atoms with Crippen LogP contribution in [0.5, 0.6) is 0 Å². The van der Waals surface area contributed by atoms with Gasteiger partial charge in [-0.05, 0) is 54.7 Å². The number of aliphatic hydroxyl groups excluding tert-OH is 1. The van der Waals surface area contributed by atoms with E-state index in [-0.39, 0.29) is 18.7 Å². The molecule has 2 N–H and O–H groups in total. The van der Waals surface area contributed by atoms with Gasteiger partial charge in [0, 0.05) is 29.7 Å². The number of rotatable bonds is 5. The van der Waals surface area contributed by atoms with E-state index in [0.717, 1.165) is 17.1 Å². The molecule has 28 heavy (non-hydrogen) atoms. The van der Waals surface area contributed by atoms with Gasteiger partial charge in [-0.25, -0.2) is 0 Å². The fourth-order valence-corrected chi connectivity index (χ4v) is 4.44. The van der Waals surface area contributed by atoms with Gasteiger partial charge in [-0.2, -0.15) is 0 Å². The molecule has 0 bridgehead atoms. The van der Waals surface area contributed by atoms with Crippen molar-refractivity contribution in [3.63, 3.8) is 0 Å². The van der Waals surface area contributed by atoms with E-state index in [1.165, 1.54) is 0 Å². The quantitative estimate of drug-likeness (QED) is 0.593. The number of hydrogen-bond donors (Lipinski definition) is 2. The fourth-order valence-electron chi connectivity index (χ4n) is 3.61. The Hall–Kier alpha value is -2.12. The molecule has 8 heteroatoms. The summed E-state index contributed by atoms with van der Waals surface area (Å²) in [5.41, 5.74) is 2.69. The van der Waals surface area contributed by atoms with Crippen LogP contribution in [0.3, 0.4) is 0 Å². The average molecular weight is 433 g/mol. The van der Waals surface area contributed by atoms with E-state index < -0.39 is 0 Å². The van der Waals surface area contributed by atoms with Crippen LogP contribution in [-0.4, -0.2) is 37.8 Å². The second kappa shape index (κ2) is 8.09. The molecule has 1 aromatic carbocycles. The van der Waals surface area contributed by atoms with E-state index in [0.29, 0.717) is 21.7 Å². The van der Waals surface area contributed by atoms with Crippen LogP contribution in [0, 0.1) is 0 Å². The topological polar surface area (TPSA) is 53.3 Å². The lowest BCUT2D eigenvalue weighted by atomic mass is 10.0. The smallest absolute Gasteiger partial charge is 0.170 e. The lowest BCUT2D eigenvalue weighted by molar-refractivity contribution is 0.220. The third kappa shape index (κ3) is 3.49. The number of halogens is 2. The molecular formula is C20H18Cl2N4OS. The van der Waals surface area contributed by atoms with Gasteiger partial charge in [-0.1, -0.05) is 29.3 Å². The second-order valence-electron chi connectivity index (χ2n) is 6.44. The van der Waals surface area contributed by atoms with E-state index in [1.54, 1.807) is 12.3 Å². The summed E-state index contributed by atoms with van der Waals surface area (Å²) in [6.45, 7) is 0.412. The molecule has 0 spiro atoms. The van der Waals surface area contributed by atoms with Gasteiger partial charge in [0.1, 0.15) is 0 Å². The Labute approximate surface area is 178 Å². The number of aromatic nitrogens is 2. The lowest BCUT2D eigenvalue weighted by Crippen LogP contribution is -2.32. The molecule has 0 saturated carbocycles. The minimum absolute atomic E-state index is 0.00430. The molecule has 0 radical (unpaired) electrons. The summed E-state index contributed by atoms with van der Waals surface area (Å²) < 4.78 is 2.03. The zero-order valence-corrected chi connectivity index (χ0v) is 17.1. The van der Waals surface area contributed by atoms with Gasteiger partial charge >= 0.3 is 0 Å². The number of benzene rings is 1. The summed E-state index contributed by atoms with van der Waals surface area (Å²) >= 11 is 18.1. The summed E-state index contributed by atoms with van der Waals surface area (Å²) in [5.74, 6) is 0. The van der Waals surface area contributed by atoms with Gasteiger partial charge in [0.25, 0.3) is 0 Å². The fraction of sp³-hybridized carbons (Fsp3) is 0.200. The first-order valence-corrected chi connectivity index (χ1v) is 9.98. The maximum absolute atomic E-state index is 9.59. The summed E-state index contributed by atoms with van der Waals surface area (Å²) in [4.78, 5) is 6.51. The molecule has 1 aliphatic rings. The normalized spacial score (nSPS) is 19.1. The Morgan fingerprint density at radius 3 is 2.71 bits per heavy atom. The molecule has 0 aliphatic carbocycles. The summed E-state index contributed by atoms with van der Waals surface area (Å²) in [7, 11) is 0. The van der Waals surface area contributed by atoms with Crippen molar-refractivity contribution in [2.75, 3.05) is 13.2 Å². The lowest BCUT2D eigenvalue weighted by Gasteiger charge is -2.28. The Morgan fingerprint density at radius 2 is 2.00 bits per heavy atom. The van der Waals surface area contributed by atoms with Crippen molar-refractivity contribution in [1.29, 1.82) is 0 Å². The Morgan fingerprint density at radius 1 is 1.14 bits per heavy atom. The number of hydrogen-bond acceptors (Lipinski definition) is 3. The van der Waals surface area contributed by atoms with E-state index in [9.17, 15) is 5.11 Å². The largest absolute Gasteiger partial charge is 0.395 e. The molecule has 1 aliphatic heterocycles. The van der Waals surface area contributed by atoms with Gasteiger partial charge in [0.2, 0.25) is 0 Å². The third-order valence-electron chi connectivity index (χ3n) is 4.79. The molecule has 5 nitrogen and oxygen atoms in total. The van der Waals surface area contributed by atoms with Crippen molar-refractivity contribution in [3.8, 4) is 5.69 Å². The van der Waals surface area contributed by atoms with Crippen LogP contribution in [0.1, 0.15) is 23.5 Å². The highest BCUT2D eigenvalue weighted by Gasteiger charge is 2.41. The van der Waals surface area contributed by atoms with Crippen LogP contribution < -0.4 is 5.32 Å². The number of nitrogens with one attached hydrogen (secondary N) is 1. The highest BCUT2D eigenvalue weighted by molar-refractivity contribution is 7.80. The van der Waals surface area contributed by atoms with Crippen LogP contribution >= 0.6 is 35.4 Å². The maximum Gasteiger partial charge on any atom is 0.170 e. The standard InChI is InChI=1S/C20H18Cl2N4OS/c21-13-6-7-16(14(22)12-13)25-9-3-5-17(25)19-18(15-4-1-2-8-23-15)24-20(28)26(19)10-11-27/h1-9,12,18-19,27H,10-11H2,(H,24,28)/t18-,19-/m0/s1. The van der Waals surface area contributed by atoms with Gasteiger partial charge < -0.3 is 19.9 Å². The Bertz CT molecular complexity index is 995. The molecule has 2 atom stereocenters. The van der Waals surface area contributed by atoms with E-state index >= 15 is 0 Å². The van der Waals surface area contributed by atoms with Gasteiger partial charge in [0.05, 0.1) is 35.1 Å². The first kappa shape index (κ1) is 19.2. The van der Waals surface area contributed by atoms with Gasteiger partial charge in [-0.15, -0.1) is 0 Å². The summed E-state index contributed by atoms with van der Waals surface area (Å²) in [6, 6.07) is 14.9. The van der Waals surface area contributed by atoms with Crippen LogP contribution in [0.2, 0.25) is 10.0 Å². The SMILES string of the molecule is OCCN1C(=S)N[C@@H](c2ccccn2)[C@@H]1c1cccn1-c1ccc(Cl)cc1Cl. The van der Waals surface area contributed by atoms with E-state index in [2.05, 4.69) is 10.3 Å². The number of nitrogens with zero attached hydrogens (tertiary/aromatic N) is 3. The number of thiocarbonyl (C=S) groups is 1. The van der Waals surface area contributed by atoms with Crippen molar-refractivity contribution >= 4 is 40.5 Å². The Kier molecular flexibility index (Phi) is 5.55. The molecule has 3 aromatic rings. The molecule has 0 unspecified atom stereocenters. The molecule has 1 fully saturated rings. The van der Waals surface area contributed by atoms with Crippen LogP contribution in [-0.2, 0) is 0 Å². The highest BCUT2D eigenvalue weighted by atomic mass is 35.5. The number of pyridine rings is 1. The summed E-state index contributed by atoms with van der Waals surface area (Å²) in [6.07, 6.45) is 3.72. The number of β-amino-alcohol motifs (C(OH)–C–C–N with tert-alkyl or cyclic N) is 1. The molecule has 4 rings (SSSR count). The van der Waals surface area contributed by atoms with E-state index in [1.807, 2.05) is 58.1 Å². The van der Waals surface area contributed by atoms with Crippen molar-refractivity contribution in [3.05, 3.63) is 82.4 Å². The predicted octanol–water partition coefficient (Wildman–Crippen LogP) is 4.14. The predicted molar refractivity (Wildman–Crippen MR) is 115 cm³/mol. The minimum atomic E-state index is -0.156. The molecule has 2 aromatic heterocycles. The van der Waals surface area contributed by atoms with Crippen LogP contribution in [0.15, 0.2) is 60.9 Å².